The molecular formula is C20H22N4O2. The van der Waals surface area contributed by atoms with Gasteiger partial charge in [0, 0.05) is 12.1 Å². The van der Waals surface area contributed by atoms with Crippen molar-refractivity contribution in [3.8, 4) is 22.8 Å². The van der Waals surface area contributed by atoms with Crippen LogP contribution >= 0.6 is 0 Å². The van der Waals surface area contributed by atoms with Gasteiger partial charge in [0.15, 0.2) is 5.82 Å². The average molecular weight is 350 g/mol. The largest absolute Gasteiger partial charge is 0.497 e. The first-order valence-corrected chi connectivity index (χ1v) is 8.68. The summed E-state index contributed by atoms with van der Waals surface area (Å²) in [5.41, 5.74) is 1.70. The summed E-state index contributed by atoms with van der Waals surface area (Å²) in [6.45, 7) is 2.70. The number of carbonyl (C=O) groups is 1. The predicted octanol–water partition coefficient (Wildman–Crippen LogP) is 3.47. The zero-order valence-corrected chi connectivity index (χ0v) is 15.0. The molecule has 2 aromatic carbocycles. The molecule has 0 radical (unpaired) electrons. The lowest BCUT2D eigenvalue weighted by Crippen LogP contribution is -2.25. The molecule has 0 aliphatic heterocycles. The van der Waals surface area contributed by atoms with E-state index < -0.39 is 0 Å². The predicted molar refractivity (Wildman–Crippen MR) is 101 cm³/mol. The Morgan fingerprint density at radius 3 is 2.50 bits per heavy atom. The smallest absolute Gasteiger partial charge is 0.290 e. The van der Waals surface area contributed by atoms with E-state index in [0.717, 1.165) is 29.8 Å². The number of hydrogen-bond donors (Lipinski definition) is 1. The third kappa shape index (κ3) is 3.91. The molecule has 0 aliphatic rings. The standard InChI is InChI=1S/C20H22N4O2/c1-3-4-14-21-20(25)18-22-19(15-10-12-17(26-2)13-11-15)24(23-18)16-8-6-5-7-9-16/h5-13H,3-4,14H2,1-2H3,(H,21,25). The highest BCUT2D eigenvalue weighted by Crippen LogP contribution is 2.23. The number of para-hydroxylation sites is 1. The molecule has 1 aromatic heterocycles. The highest BCUT2D eigenvalue weighted by atomic mass is 16.5. The second-order valence-corrected chi connectivity index (χ2v) is 5.84. The van der Waals surface area contributed by atoms with Crippen molar-refractivity contribution < 1.29 is 9.53 Å². The minimum absolute atomic E-state index is 0.163. The Bertz CT molecular complexity index is 857. The zero-order valence-electron chi connectivity index (χ0n) is 15.0. The SMILES string of the molecule is CCCCNC(=O)c1nc(-c2ccc(OC)cc2)n(-c2ccccc2)n1. The normalized spacial score (nSPS) is 10.5. The van der Waals surface area contributed by atoms with Crippen LogP contribution in [0.5, 0.6) is 5.75 Å². The molecule has 0 atom stereocenters. The van der Waals surface area contributed by atoms with Crippen molar-refractivity contribution in [2.24, 2.45) is 0 Å². The van der Waals surface area contributed by atoms with Gasteiger partial charge in [-0.2, -0.15) is 0 Å². The molecule has 0 saturated carbocycles. The molecule has 26 heavy (non-hydrogen) atoms. The summed E-state index contributed by atoms with van der Waals surface area (Å²) in [4.78, 5) is 16.9. The molecule has 134 valence electrons. The Balaban J connectivity index is 1.99. The number of hydrogen-bond acceptors (Lipinski definition) is 4. The van der Waals surface area contributed by atoms with E-state index in [4.69, 9.17) is 4.74 Å². The van der Waals surface area contributed by atoms with Crippen molar-refractivity contribution in [3.05, 3.63) is 60.4 Å². The molecule has 0 saturated heterocycles. The molecule has 1 N–H and O–H groups in total. The molecule has 6 nitrogen and oxygen atoms in total. The topological polar surface area (TPSA) is 69.0 Å². The first kappa shape index (κ1) is 17.7. The molecule has 0 fully saturated rings. The Labute approximate surface area is 152 Å². The molecule has 6 heteroatoms. The number of methoxy groups -OCH3 is 1. The number of amides is 1. The lowest BCUT2D eigenvalue weighted by Gasteiger charge is -2.06. The molecule has 0 spiro atoms. The van der Waals surface area contributed by atoms with E-state index in [9.17, 15) is 4.79 Å². The van der Waals surface area contributed by atoms with Crippen LogP contribution in [0.25, 0.3) is 17.1 Å². The fourth-order valence-electron chi connectivity index (χ4n) is 2.54. The van der Waals surface area contributed by atoms with Crippen molar-refractivity contribution in [2.75, 3.05) is 13.7 Å². The summed E-state index contributed by atoms with van der Waals surface area (Å²) in [6, 6.07) is 17.2. The number of rotatable bonds is 7. The molecule has 1 amide bonds. The van der Waals surface area contributed by atoms with Crippen molar-refractivity contribution in [2.45, 2.75) is 19.8 Å². The number of carbonyl (C=O) groups excluding carboxylic acids is 1. The van der Waals surface area contributed by atoms with Crippen LogP contribution in [0.4, 0.5) is 0 Å². The van der Waals surface area contributed by atoms with Gasteiger partial charge >= 0.3 is 0 Å². The van der Waals surface area contributed by atoms with Crippen LogP contribution < -0.4 is 10.1 Å². The lowest BCUT2D eigenvalue weighted by atomic mass is 10.2. The van der Waals surface area contributed by atoms with Gasteiger partial charge in [0.2, 0.25) is 5.82 Å². The third-order valence-electron chi connectivity index (χ3n) is 3.98. The maximum absolute atomic E-state index is 12.4. The minimum Gasteiger partial charge on any atom is -0.497 e. The van der Waals surface area contributed by atoms with Gasteiger partial charge in [0.1, 0.15) is 5.75 Å². The van der Waals surface area contributed by atoms with Crippen LogP contribution in [-0.4, -0.2) is 34.3 Å². The second-order valence-electron chi connectivity index (χ2n) is 5.84. The van der Waals surface area contributed by atoms with Gasteiger partial charge in [0.05, 0.1) is 12.8 Å². The van der Waals surface area contributed by atoms with Gasteiger partial charge in [0.25, 0.3) is 5.91 Å². The van der Waals surface area contributed by atoms with Crippen LogP contribution in [0.3, 0.4) is 0 Å². The number of nitrogens with one attached hydrogen (secondary N) is 1. The van der Waals surface area contributed by atoms with Gasteiger partial charge in [-0.15, -0.1) is 5.10 Å². The Hall–Kier alpha value is -3.15. The zero-order chi connectivity index (χ0) is 18.4. The number of aromatic nitrogens is 3. The molecular weight excluding hydrogens is 328 g/mol. The van der Waals surface area contributed by atoms with E-state index in [1.807, 2.05) is 54.6 Å². The third-order valence-corrected chi connectivity index (χ3v) is 3.98. The van der Waals surface area contributed by atoms with Crippen LogP contribution in [0.2, 0.25) is 0 Å². The average Bonchev–Trinajstić information content (AvgIpc) is 3.14. The fraction of sp³-hybridized carbons (Fsp3) is 0.250. The van der Waals surface area contributed by atoms with Gasteiger partial charge < -0.3 is 10.1 Å². The van der Waals surface area contributed by atoms with Gasteiger partial charge in [-0.3, -0.25) is 4.79 Å². The van der Waals surface area contributed by atoms with E-state index in [1.165, 1.54) is 0 Å². The van der Waals surface area contributed by atoms with E-state index in [1.54, 1.807) is 11.8 Å². The van der Waals surface area contributed by atoms with E-state index >= 15 is 0 Å². The molecule has 3 aromatic rings. The number of nitrogens with zero attached hydrogens (tertiary/aromatic N) is 3. The summed E-state index contributed by atoms with van der Waals surface area (Å²) in [5, 5.41) is 7.30. The van der Waals surface area contributed by atoms with Crippen LogP contribution in [0, 0.1) is 0 Å². The lowest BCUT2D eigenvalue weighted by molar-refractivity contribution is 0.0943. The Kier molecular flexibility index (Phi) is 5.63. The van der Waals surface area contributed by atoms with Crippen LogP contribution in [-0.2, 0) is 0 Å². The first-order chi connectivity index (χ1) is 12.7. The van der Waals surface area contributed by atoms with Gasteiger partial charge in [-0.25, -0.2) is 9.67 Å². The summed E-state index contributed by atoms with van der Waals surface area (Å²) < 4.78 is 6.90. The van der Waals surface area contributed by atoms with Crippen molar-refractivity contribution in [1.29, 1.82) is 0 Å². The quantitative estimate of drug-likeness (QED) is 0.663. The number of ether oxygens (including phenoxy) is 1. The van der Waals surface area contributed by atoms with Gasteiger partial charge in [-0.1, -0.05) is 31.5 Å². The molecule has 0 aliphatic carbocycles. The molecule has 0 bridgehead atoms. The van der Waals surface area contributed by atoms with Crippen LogP contribution in [0.15, 0.2) is 54.6 Å². The van der Waals surface area contributed by atoms with Crippen molar-refractivity contribution >= 4 is 5.91 Å². The maximum atomic E-state index is 12.4. The number of unbranched alkanes of at least 4 members (excludes halogenated alkanes) is 1. The van der Waals surface area contributed by atoms with E-state index in [0.29, 0.717) is 12.4 Å². The summed E-state index contributed by atoms with van der Waals surface area (Å²) in [7, 11) is 1.63. The van der Waals surface area contributed by atoms with Crippen molar-refractivity contribution in [3.63, 3.8) is 0 Å². The summed E-state index contributed by atoms with van der Waals surface area (Å²) in [5.74, 6) is 1.27. The first-order valence-electron chi connectivity index (χ1n) is 8.68. The highest BCUT2D eigenvalue weighted by molar-refractivity contribution is 5.91. The molecule has 0 unspecified atom stereocenters. The van der Waals surface area contributed by atoms with Crippen LogP contribution in [0.1, 0.15) is 30.4 Å². The maximum Gasteiger partial charge on any atom is 0.290 e. The monoisotopic (exact) mass is 350 g/mol. The second kappa shape index (κ2) is 8.29. The fourth-order valence-corrected chi connectivity index (χ4v) is 2.54. The van der Waals surface area contributed by atoms with Gasteiger partial charge in [-0.05, 0) is 42.8 Å². The minimum atomic E-state index is -0.261. The molecule has 3 rings (SSSR count). The molecule has 1 heterocycles. The van der Waals surface area contributed by atoms with E-state index in [-0.39, 0.29) is 11.7 Å². The number of benzene rings is 2. The highest BCUT2D eigenvalue weighted by Gasteiger charge is 2.18. The van der Waals surface area contributed by atoms with Crippen molar-refractivity contribution in [1.82, 2.24) is 20.1 Å². The summed E-state index contributed by atoms with van der Waals surface area (Å²) >= 11 is 0. The summed E-state index contributed by atoms with van der Waals surface area (Å²) in [6.07, 6.45) is 1.94. The Morgan fingerprint density at radius 1 is 1.12 bits per heavy atom. The Morgan fingerprint density at radius 2 is 1.85 bits per heavy atom. The van der Waals surface area contributed by atoms with E-state index in [2.05, 4.69) is 22.3 Å².